The zero-order valence-corrected chi connectivity index (χ0v) is 19.8. The van der Waals surface area contributed by atoms with Gasteiger partial charge in [-0.15, -0.1) is 24.8 Å². The van der Waals surface area contributed by atoms with Crippen molar-refractivity contribution in [2.75, 3.05) is 19.6 Å². The Kier molecular flexibility index (Phi) is 7.96. The Morgan fingerprint density at radius 2 is 1.94 bits per heavy atom. The van der Waals surface area contributed by atoms with Gasteiger partial charge in [0.05, 0.1) is 5.69 Å². The molecule has 0 atom stereocenters. The monoisotopic (exact) mass is 482 g/mol. The van der Waals surface area contributed by atoms with Crippen molar-refractivity contribution in [3.63, 3.8) is 0 Å². The van der Waals surface area contributed by atoms with Crippen molar-refractivity contribution in [2.45, 2.75) is 57.9 Å². The van der Waals surface area contributed by atoms with Gasteiger partial charge in [-0.1, -0.05) is 5.16 Å². The third-order valence-electron chi connectivity index (χ3n) is 6.69. The number of rotatable bonds is 4. The van der Waals surface area contributed by atoms with Gasteiger partial charge in [0.1, 0.15) is 11.6 Å². The lowest BCUT2D eigenvalue weighted by Gasteiger charge is -2.31. The second-order valence-corrected chi connectivity index (χ2v) is 8.58. The van der Waals surface area contributed by atoms with Crippen molar-refractivity contribution < 1.29 is 8.91 Å². The molecule has 2 aromatic heterocycles. The van der Waals surface area contributed by atoms with E-state index in [1.807, 2.05) is 11.5 Å². The summed E-state index contributed by atoms with van der Waals surface area (Å²) in [5, 5.41) is 5.15. The molecule has 0 aliphatic carbocycles. The molecule has 0 radical (unpaired) electrons. The molecule has 2 aliphatic heterocycles. The zero-order chi connectivity index (χ0) is 20.7. The lowest BCUT2D eigenvalue weighted by Crippen LogP contribution is -2.37. The third kappa shape index (κ3) is 4.70. The van der Waals surface area contributed by atoms with Crippen LogP contribution >= 0.6 is 24.8 Å². The van der Waals surface area contributed by atoms with E-state index in [9.17, 15) is 9.18 Å². The lowest BCUT2D eigenvalue weighted by molar-refractivity contribution is 0.211. The van der Waals surface area contributed by atoms with Crippen molar-refractivity contribution in [1.82, 2.24) is 19.6 Å². The highest BCUT2D eigenvalue weighted by Crippen LogP contribution is 2.32. The van der Waals surface area contributed by atoms with Crippen LogP contribution in [0.4, 0.5) is 4.39 Å². The average molecular weight is 483 g/mol. The standard InChI is InChI=1S/C23H27FN4O2.2ClH/c1-15-18(23(29)28-10-3-2-4-21(28)25-15)9-13-27-11-7-16(8-12-27)22-19-6-5-17(24)14-20(19)30-26-22;;/h5-6,14,16H,2-4,7-13H2,1H3;2*1H. The molecule has 6 nitrogen and oxygen atoms in total. The van der Waals surface area contributed by atoms with Crippen molar-refractivity contribution in [2.24, 2.45) is 0 Å². The van der Waals surface area contributed by atoms with Gasteiger partial charge in [-0.3, -0.25) is 9.36 Å². The summed E-state index contributed by atoms with van der Waals surface area (Å²) in [6.07, 6.45) is 5.81. The van der Waals surface area contributed by atoms with E-state index in [-0.39, 0.29) is 36.2 Å². The second-order valence-electron chi connectivity index (χ2n) is 8.58. The third-order valence-corrected chi connectivity index (χ3v) is 6.69. The Morgan fingerprint density at radius 1 is 1.16 bits per heavy atom. The first-order chi connectivity index (χ1) is 14.6. The highest BCUT2D eigenvalue weighted by atomic mass is 35.5. The minimum atomic E-state index is -0.303. The number of aromatic nitrogens is 3. The summed E-state index contributed by atoms with van der Waals surface area (Å²) in [6.45, 7) is 5.55. The number of fused-ring (bicyclic) bond motifs is 2. The summed E-state index contributed by atoms with van der Waals surface area (Å²) in [4.78, 5) is 20.1. The zero-order valence-electron chi connectivity index (χ0n) is 18.2. The normalized spacial score (nSPS) is 16.9. The number of piperidine rings is 1. The first-order valence-corrected chi connectivity index (χ1v) is 11.0. The van der Waals surface area contributed by atoms with Gasteiger partial charge < -0.3 is 9.42 Å². The SMILES string of the molecule is Cc1nc2n(c(=O)c1CCN1CCC(c3noc4cc(F)ccc34)CC1)CCCC2.Cl.Cl. The molecular weight excluding hydrogens is 454 g/mol. The Bertz CT molecular complexity index is 1140. The van der Waals surface area contributed by atoms with E-state index in [1.54, 1.807) is 6.07 Å². The summed E-state index contributed by atoms with van der Waals surface area (Å²) in [5.41, 5.74) is 3.38. The van der Waals surface area contributed by atoms with E-state index >= 15 is 0 Å². The van der Waals surface area contributed by atoms with Crippen LogP contribution in [-0.4, -0.2) is 39.2 Å². The summed E-state index contributed by atoms with van der Waals surface area (Å²) in [6, 6.07) is 4.63. The summed E-state index contributed by atoms with van der Waals surface area (Å²) in [7, 11) is 0. The molecule has 3 aromatic rings. The van der Waals surface area contributed by atoms with Gasteiger partial charge in [0.2, 0.25) is 0 Å². The molecule has 0 unspecified atom stereocenters. The Morgan fingerprint density at radius 3 is 2.72 bits per heavy atom. The van der Waals surface area contributed by atoms with Crippen molar-refractivity contribution in [3.05, 3.63) is 57.1 Å². The molecule has 1 aromatic carbocycles. The van der Waals surface area contributed by atoms with E-state index in [2.05, 4.69) is 10.1 Å². The molecular formula is C23H29Cl2FN4O2. The van der Waals surface area contributed by atoms with Crippen molar-refractivity contribution >= 4 is 35.8 Å². The van der Waals surface area contributed by atoms with Gasteiger partial charge in [0.25, 0.3) is 5.56 Å². The van der Waals surface area contributed by atoms with E-state index in [1.165, 1.54) is 12.1 Å². The summed E-state index contributed by atoms with van der Waals surface area (Å²) < 4.78 is 20.6. The first-order valence-electron chi connectivity index (χ1n) is 11.0. The maximum Gasteiger partial charge on any atom is 0.256 e. The van der Waals surface area contributed by atoms with E-state index in [4.69, 9.17) is 9.51 Å². The Balaban J connectivity index is 0.00000144. The largest absolute Gasteiger partial charge is 0.356 e. The molecule has 5 rings (SSSR count). The van der Waals surface area contributed by atoms with E-state index in [0.29, 0.717) is 11.5 Å². The molecule has 4 heterocycles. The molecule has 174 valence electrons. The Hall–Kier alpha value is -1.96. The smallest absolute Gasteiger partial charge is 0.256 e. The van der Waals surface area contributed by atoms with Crippen LogP contribution in [0, 0.1) is 12.7 Å². The molecule has 9 heteroatoms. The number of likely N-dealkylation sites (tertiary alicyclic amines) is 1. The average Bonchev–Trinajstić information content (AvgIpc) is 3.17. The maximum atomic E-state index is 13.4. The highest BCUT2D eigenvalue weighted by molar-refractivity contribution is 5.85. The van der Waals surface area contributed by atoms with E-state index < -0.39 is 0 Å². The number of hydrogen-bond donors (Lipinski definition) is 0. The molecule has 0 N–H and O–H groups in total. The van der Waals surface area contributed by atoms with E-state index in [0.717, 1.165) is 92.9 Å². The first kappa shape index (κ1) is 24.7. The van der Waals surface area contributed by atoms with Crippen molar-refractivity contribution in [1.29, 1.82) is 0 Å². The quantitative estimate of drug-likeness (QED) is 0.549. The van der Waals surface area contributed by atoms with Crippen LogP contribution in [0.5, 0.6) is 0 Å². The minimum absolute atomic E-state index is 0. The van der Waals surface area contributed by atoms with Crippen LogP contribution in [0.1, 0.15) is 54.4 Å². The molecule has 0 bridgehead atoms. The summed E-state index contributed by atoms with van der Waals surface area (Å²) >= 11 is 0. The fourth-order valence-corrected chi connectivity index (χ4v) is 4.94. The van der Waals surface area contributed by atoms with Crippen LogP contribution in [0.25, 0.3) is 11.0 Å². The van der Waals surface area contributed by atoms with Gasteiger partial charge in [-0.05, 0) is 64.3 Å². The number of hydrogen-bond acceptors (Lipinski definition) is 5. The van der Waals surface area contributed by atoms with Gasteiger partial charge in [-0.25, -0.2) is 9.37 Å². The highest BCUT2D eigenvalue weighted by Gasteiger charge is 2.25. The number of halogens is 3. The lowest BCUT2D eigenvalue weighted by atomic mass is 9.91. The Labute approximate surface area is 199 Å². The predicted molar refractivity (Wildman–Crippen MR) is 127 cm³/mol. The fraction of sp³-hybridized carbons (Fsp3) is 0.522. The van der Waals surface area contributed by atoms with Gasteiger partial charge in [0, 0.05) is 48.1 Å². The molecule has 32 heavy (non-hydrogen) atoms. The van der Waals surface area contributed by atoms with Gasteiger partial charge in [-0.2, -0.15) is 0 Å². The number of aryl methyl sites for hydroxylation is 2. The van der Waals surface area contributed by atoms with Crippen LogP contribution in [-0.2, 0) is 19.4 Å². The molecule has 1 saturated heterocycles. The maximum absolute atomic E-state index is 13.4. The van der Waals surface area contributed by atoms with Crippen LogP contribution in [0.15, 0.2) is 27.5 Å². The van der Waals surface area contributed by atoms with Crippen molar-refractivity contribution in [3.8, 4) is 0 Å². The molecule has 0 spiro atoms. The topological polar surface area (TPSA) is 64.2 Å². The van der Waals surface area contributed by atoms with Gasteiger partial charge >= 0.3 is 0 Å². The fourth-order valence-electron chi connectivity index (χ4n) is 4.94. The van der Waals surface area contributed by atoms with Crippen LogP contribution in [0.3, 0.4) is 0 Å². The molecule has 0 amide bonds. The molecule has 1 fully saturated rings. The van der Waals surface area contributed by atoms with Gasteiger partial charge in [0.15, 0.2) is 5.58 Å². The minimum Gasteiger partial charge on any atom is -0.356 e. The number of benzene rings is 1. The second kappa shape index (κ2) is 10.3. The molecule has 0 saturated carbocycles. The van der Waals surface area contributed by atoms with Crippen LogP contribution in [0.2, 0.25) is 0 Å². The summed E-state index contributed by atoms with van der Waals surface area (Å²) in [5.74, 6) is 0.974. The molecule has 2 aliphatic rings. The number of nitrogens with zero attached hydrogens (tertiary/aromatic N) is 4. The van der Waals surface area contributed by atoms with Crippen LogP contribution < -0.4 is 5.56 Å². The predicted octanol–water partition coefficient (Wildman–Crippen LogP) is 4.43.